The van der Waals surface area contributed by atoms with Crippen LogP contribution in [-0.4, -0.2) is 6.54 Å². The van der Waals surface area contributed by atoms with E-state index in [0.717, 1.165) is 30.7 Å². The molecule has 0 aliphatic heterocycles. The van der Waals surface area contributed by atoms with Crippen LogP contribution in [0.3, 0.4) is 0 Å². The molecule has 0 aliphatic rings. The minimum atomic E-state index is -4.24. The van der Waals surface area contributed by atoms with Crippen LogP contribution in [-0.2, 0) is 12.6 Å². The van der Waals surface area contributed by atoms with Crippen LogP contribution in [0.25, 0.3) is 0 Å². The first kappa shape index (κ1) is 11.0. The number of nitrogens with two attached hydrogens (primary N) is 1. The van der Waals surface area contributed by atoms with Crippen molar-refractivity contribution < 1.29 is 18.5 Å². The van der Waals surface area contributed by atoms with E-state index < -0.39 is 11.7 Å². The lowest BCUT2D eigenvalue weighted by Crippen LogP contribution is -2.77. The van der Waals surface area contributed by atoms with Gasteiger partial charge in [0.15, 0.2) is 0 Å². The average Bonchev–Trinajstić information content (AvgIpc) is 2.14. The number of halogens is 3. The summed E-state index contributed by atoms with van der Waals surface area (Å²) in [6, 6.07) is 5.23. The monoisotopic (exact) mass is 203 g/mol. The molecule has 0 heterocycles. The van der Waals surface area contributed by atoms with E-state index >= 15 is 0 Å². The third-order valence-corrected chi connectivity index (χ3v) is 1.92. The van der Waals surface area contributed by atoms with Crippen molar-refractivity contribution in [2.24, 2.45) is 0 Å². The van der Waals surface area contributed by atoms with Crippen LogP contribution in [0.5, 0.6) is 0 Å². The van der Waals surface area contributed by atoms with Crippen LogP contribution in [0.2, 0.25) is 0 Å². The largest absolute Gasteiger partial charge is 0.479 e. The Morgan fingerprint density at radius 3 is 2.14 bits per heavy atom. The van der Waals surface area contributed by atoms with Crippen LogP contribution in [0.4, 0.5) is 13.2 Å². The Bertz CT molecular complexity index is 276. The first-order valence-electron chi connectivity index (χ1n) is 4.31. The van der Waals surface area contributed by atoms with Gasteiger partial charge in [-0.3, -0.25) is 0 Å². The van der Waals surface area contributed by atoms with Gasteiger partial charge in [-0.1, -0.05) is 12.1 Å². The number of hydrogen-bond acceptors (Lipinski definition) is 0. The summed E-state index contributed by atoms with van der Waals surface area (Å²) in [4.78, 5) is 0. The molecule has 0 aliphatic carbocycles. The van der Waals surface area contributed by atoms with Crippen molar-refractivity contribution in [2.45, 2.75) is 12.6 Å². The SMILES string of the molecule is [CH2-][NH2+]CCc1ccc(C(F)(F)F)cc1. The Morgan fingerprint density at radius 2 is 1.71 bits per heavy atom. The highest BCUT2D eigenvalue weighted by Crippen LogP contribution is 2.28. The molecule has 1 aromatic rings. The van der Waals surface area contributed by atoms with Gasteiger partial charge in [0.25, 0.3) is 0 Å². The second kappa shape index (κ2) is 4.46. The molecule has 4 heteroatoms. The zero-order valence-corrected chi connectivity index (χ0v) is 7.64. The molecule has 0 atom stereocenters. The molecule has 2 N–H and O–H groups in total. The maximum absolute atomic E-state index is 12.2. The third-order valence-electron chi connectivity index (χ3n) is 1.92. The fourth-order valence-electron chi connectivity index (χ4n) is 1.13. The van der Waals surface area contributed by atoms with Crippen LogP contribution in [0.15, 0.2) is 24.3 Å². The van der Waals surface area contributed by atoms with Gasteiger partial charge in [0.05, 0.1) is 12.1 Å². The second-order valence-electron chi connectivity index (χ2n) is 3.02. The van der Waals surface area contributed by atoms with E-state index in [1.54, 1.807) is 5.32 Å². The second-order valence-corrected chi connectivity index (χ2v) is 3.02. The molecule has 0 spiro atoms. The number of hydrogen-bond donors (Lipinski definition) is 1. The van der Waals surface area contributed by atoms with E-state index in [1.807, 2.05) is 0 Å². The van der Waals surface area contributed by atoms with E-state index in [2.05, 4.69) is 7.05 Å². The molecular formula is C10H12F3N. The van der Waals surface area contributed by atoms with Gasteiger partial charge in [0, 0.05) is 6.42 Å². The van der Waals surface area contributed by atoms with Gasteiger partial charge in [-0.2, -0.15) is 20.2 Å². The van der Waals surface area contributed by atoms with Gasteiger partial charge < -0.3 is 5.32 Å². The fourth-order valence-corrected chi connectivity index (χ4v) is 1.13. The predicted molar refractivity (Wildman–Crippen MR) is 47.3 cm³/mol. The van der Waals surface area contributed by atoms with Gasteiger partial charge in [0.1, 0.15) is 0 Å². The molecule has 1 aromatic carbocycles. The standard InChI is InChI=1S/C10H12F3N/c1-14-7-6-8-2-4-9(5-3-8)10(11,12)13/h2-5H,1,6-7,14H2. The number of benzene rings is 1. The van der Waals surface area contributed by atoms with E-state index in [-0.39, 0.29) is 0 Å². The lowest BCUT2D eigenvalue weighted by atomic mass is 10.1. The molecule has 0 saturated heterocycles. The van der Waals surface area contributed by atoms with E-state index in [1.165, 1.54) is 12.1 Å². The molecule has 0 bridgehead atoms. The summed E-state index contributed by atoms with van der Waals surface area (Å²) in [5, 5.41) is 1.75. The Labute approximate surface area is 80.9 Å². The first-order valence-corrected chi connectivity index (χ1v) is 4.31. The summed E-state index contributed by atoms with van der Waals surface area (Å²) in [6.45, 7) is 0.783. The molecule has 0 radical (unpaired) electrons. The van der Waals surface area contributed by atoms with Crippen molar-refractivity contribution in [3.63, 3.8) is 0 Å². The van der Waals surface area contributed by atoms with Crippen molar-refractivity contribution >= 4 is 0 Å². The molecule has 78 valence electrons. The summed E-state index contributed by atoms with van der Waals surface area (Å²) in [7, 11) is 3.55. The van der Waals surface area contributed by atoms with Crippen LogP contribution in [0.1, 0.15) is 11.1 Å². The minimum absolute atomic E-state index is 0.597. The summed E-state index contributed by atoms with van der Waals surface area (Å²) >= 11 is 0. The maximum atomic E-state index is 12.2. The molecule has 0 fully saturated rings. The van der Waals surface area contributed by atoms with Gasteiger partial charge in [0.2, 0.25) is 0 Å². The van der Waals surface area contributed by atoms with Gasteiger partial charge >= 0.3 is 6.18 Å². The van der Waals surface area contributed by atoms with Crippen molar-refractivity contribution in [2.75, 3.05) is 6.54 Å². The third kappa shape index (κ3) is 3.03. The maximum Gasteiger partial charge on any atom is 0.416 e. The quantitative estimate of drug-likeness (QED) is 0.719. The summed E-state index contributed by atoms with van der Waals surface area (Å²) < 4.78 is 36.5. The molecule has 0 saturated carbocycles. The number of quaternary nitrogens is 1. The molecule has 0 amide bonds. The van der Waals surface area contributed by atoms with E-state index in [4.69, 9.17) is 0 Å². The molecule has 0 aromatic heterocycles. The lowest BCUT2D eigenvalue weighted by molar-refractivity contribution is -0.594. The normalized spacial score (nSPS) is 11.7. The van der Waals surface area contributed by atoms with Crippen LogP contribution in [0, 0.1) is 7.05 Å². The minimum Gasteiger partial charge on any atom is -0.479 e. The average molecular weight is 203 g/mol. The van der Waals surface area contributed by atoms with Crippen LogP contribution < -0.4 is 5.32 Å². The zero-order chi connectivity index (χ0) is 10.6. The molecule has 14 heavy (non-hydrogen) atoms. The molecule has 1 nitrogen and oxygen atoms in total. The topological polar surface area (TPSA) is 16.6 Å². The van der Waals surface area contributed by atoms with E-state index in [0.29, 0.717) is 0 Å². The number of alkyl halides is 3. The Kier molecular flexibility index (Phi) is 3.52. The molecule has 0 unspecified atom stereocenters. The Balaban J connectivity index is 2.69. The van der Waals surface area contributed by atoms with Crippen molar-refractivity contribution in [1.29, 1.82) is 0 Å². The smallest absolute Gasteiger partial charge is 0.416 e. The Morgan fingerprint density at radius 1 is 1.14 bits per heavy atom. The summed E-state index contributed by atoms with van der Waals surface area (Å²) in [6.07, 6.45) is -3.50. The highest BCUT2D eigenvalue weighted by molar-refractivity contribution is 5.24. The van der Waals surface area contributed by atoms with Crippen molar-refractivity contribution in [3.05, 3.63) is 42.4 Å². The predicted octanol–water partition coefficient (Wildman–Crippen LogP) is 1.60. The van der Waals surface area contributed by atoms with Gasteiger partial charge in [-0.25, -0.2) is 0 Å². The molecular weight excluding hydrogens is 191 g/mol. The van der Waals surface area contributed by atoms with E-state index in [9.17, 15) is 13.2 Å². The van der Waals surface area contributed by atoms with Crippen molar-refractivity contribution in [3.8, 4) is 0 Å². The summed E-state index contributed by atoms with van der Waals surface area (Å²) in [5.41, 5.74) is 0.303. The molecule has 1 rings (SSSR count). The van der Waals surface area contributed by atoms with Crippen LogP contribution >= 0.6 is 0 Å². The lowest BCUT2D eigenvalue weighted by Gasteiger charge is -2.07. The fraction of sp³-hybridized carbons (Fsp3) is 0.300. The highest BCUT2D eigenvalue weighted by atomic mass is 19.4. The Hall–Kier alpha value is -1.03. The first-order chi connectivity index (χ1) is 6.54. The summed E-state index contributed by atoms with van der Waals surface area (Å²) in [5.74, 6) is 0. The highest BCUT2D eigenvalue weighted by Gasteiger charge is 2.29. The number of rotatable bonds is 3. The van der Waals surface area contributed by atoms with Gasteiger partial charge in [-0.15, -0.1) is 0 Å². The van der Waals surface area contributed by atoms with Gasteiger partial charge in [-0.05, 0) is 17.7 Å². The zero-order valence-electron chi connectivity index (χ0n) is 7.64. The van der Waals surface area contributed by atoms with Crippen molar-refractivity contribution in [1.82, 2.24) is 0 Å².